The molecule has 2 aliphatic rings. The molecule has 2 saturated heterocycles. The summed E-state index contributed by atoms with van der Waals surface area (Å²) >= 11 is 6.06. The summed E-state index contributed by atoms with van der Waals surface area (Å²) in [7, 11) is 0. The topological polar surface area (TPSA) is 91.6 Å². The number of nitrogens with one attached hydrogen (secondary N) is 1. The number of anilines is 1. The van der Waals surface area contributed by atoms with Gasteiger partial charge in [-0.2, -0.15) is 4.98 Å². The summed E-state index contributed by atoms with van der Waals surface area (Å²) in [4.78, 5) is 34.5. The molecule has 182 valence electrons. The molecule has 2 aromatic carbocycles. The highest BCUT2D eigenvalue weighted by atomic mass is 35.5. The van der Waals surface area contributed by atoms with Crippen molar-refractivity contribution in [1.82, 2.24) is 19.9 Å². The van der Waals surface area contributed by atoms with Crippen LogP contribution in [0.4, 0.5) is 5.69 Å². The highest BCUT2D eigenvalue weighted by Gasteiger charge is 2.28. The van der Waals surface area contributed by atoms with E-state index in [1.807, 2.05) is 35.2 Å². The van der Waals surface area contributed by atoms with Gasteiger partial charge in [0.25, 0.3) is 5.91 Å². The number of carbonyl (C=O) groups is 2. The van der Waals surface area contributed by atoms with E-state index in [1.165, 1.54) is 0 Å². The van der Waals surface area contributed by atoms with Gasteiger partial charge in [0.2, 0.25) is 17.6 Å². The second-order valence-corrected chi connectivity index (χ2v) is 9.54. The van der Waals surface area contributed by atoms with E-state index in [9.17, 15) is 9.59 Å². The van der Waals surface area contributed by atoms with Crippen molar-refractivity contribution in [2.75, 3.05) is 31.5 Å². The third kappa shape index (κ3) is 5.55. The molecule has 2 aliphatic heterocycles. The normalized spacial score (nSPS) is 17.0. The molecule has 9 heteroatoms. The molecule has 0 unspecified atom stereocenters. The zero-order valence-corrected chi connectivity index (χ0v) is 20.2. The van der Waals surface area contributed by atoms with Gasteiger partial charge in [0, 0.05) is 29.6 Å². The van der Waals surface area contributed by atoms with E-state index < -0.39 is 0 Å². The summed E-state index contributed by atoms with van der Waals surface area (Å²) in [5.74, 6) is 0.902. The Morgan fingerprint density at radius 1 is 1.03 bits per heavy atom. The maximum absolute atomic E-state index is 13.0. The van der Waals surface area contributed by atoms with Gasteiger partial charge in [-0.25, -0.2) is 0 Å². The Morgan fingerprint density at radius 3 is 2.57 bits per heavy atom. The van der Waals surface area contributed by atoms with Gasteiger partial charge in [-0.3, -0.25) is 14.5 Å². The van der Waals surface area contributed by atoms with Gasteiger partial charge in [0.05, 0.1) is 17.8 Å². The van der Waals surface area contributed by atoms with E-state index in [4.69, 9.17) is 16.1 Å². The van der Waals surface area contributed by atoms with Crippen LogP contribution < -0.4 is 5.32 Å². The highest BCUT2D eigenvalue weighted by Crippen LogP contribution is 2.25. The Balaban J connectivity index is 1.15. The molecule has 35 heavy (non-hydrogen) atoms. The number of rotatable bonds is 6. The lowest BCUT2D eigenvalue weighted by Crippen LogP contribution is -2.38. The van der Waals surface area contributed by atoms with Crippen LogP contribution in [-0.4, -0.2) is 57.9 Å². The molecule has 3 aromatic rings. The lowest BCUT2D eigenvalue weighted by atomic mass is 9.95. The van der Waals surface area contributed by atoms with Gasteiger partial charge < -0.3 is 14.7 Å². The molecule has 0 aliphatic carbocycles. The number of benzene rings is 2. The van der Waals surface area contributed by atoms with Crippen LogP contribution in [0.25, 0.3) is 11.4 Å². The van der Waals surface area contributed by atoms with E-state index in [1.54, 1.807) is 18.2 Å². The molecule has 0 bridgehead atoms. The smallest absolute Gasteiger partial charge is 0.255 e. The van der Waals surface area contributed by atoms with Crippen molar-refractivity contribution >= 4 is 29.1 Å². The number of para-hydroxylation sites is 1. The number of aromatic nitrogens is 2. The molecule has 0 spiro atoms. The van der Waals surface area contributed by atoms with Crippen molar-refractivity contribution in [2.45, 2.75) is 32.2 Å². The zero-order valence-electron chi connectivity index (χ0n) is 19.5. The fourth-order valence-corrected chi connectivity index (χ4v) is 4.90. The fourth-order valence-electron chi connectivity index (χ4n) is 4.71. The van der Waals surface area contributed by atoms with Gasteiger partial charge in [-0.15, -0.1) is 0 Å². The van der Waals surface area contributed by atoms with Gasteiger partial charge in [-0.1, -0.05) is 41.0 Å². The maximum atomic E-state index is 13.0. The molecular weight excluding hydrogens is 466 g/mol. The van der Waals surface area contributed by atoms with Crippen LogP contribution in [0.3, 0.4) is 0 Å². The first-order chi connectivity index (χ1) is 17.1. The Kier molecular flexibility index (Phi) is 7.11. The molecule has 8 nitrogen and oxygen atoms in total. The van der Waals surface area contributed by atoms with Gasteiger partial charge in [0.1, 0.15) is 0 Å². The highest BCUT2D eigenvalue weighted by molar-refractivity contribution is 6.30. The van der Waals surface area contributed by atoms with Crippen LogP contribution in [0.5, 0.6) is 0 Å². The number of nitrogens with zero attached hydrogens (tertiary/aromatic N) is 4. The molecule has 5 rings (SSSR count). The number of hydrogen-bond acceptors (Lipinski definition) is 6. The average molecular weight is 494 g/mol. The first kappa shape index (κ1) is 23.5. The van der Waals surface area contributed by atoms with Crippen molar-refractivity contribution in [1.29, 1.82) is 0 Å². The van der Waals surface area contributed by atoms with E-state index in [-0.39, 0.29) is 17.7 Å². The largest absolute Gasteiger partial charge is 0.339 e. The molecule has 2 fully saturated rings. The molecule has 0 radical (unpaired) electrons. The average Bonchev–Trinajstić information content (AvgIpc) is 3.57. The number of likely N-dealkylation sites (tertiary alicyclic amines) is 2. The van der Waals surface area contributed by atoms with Crippen LogP contribution in [0.15, 0.2) is 53.1 Å². The Hall–Kier alpha value is -3.23. The SMILES string of the molecule is O=C(Nc1ccccc1C(=O)N1CCCC1)C1CCN(Cc2nc(-c3cccc(Cl)c3)no2)CC1. The second-order valence-electron chi connectivity index (χ2n) is 9.11. The van der Waals surface area contributed by atoms with Gasteiger partial charge in [0.15, 0.2) is 0 Å². The lowest BCUT2D eigenvalue weighted by molar-refractivity contribution is -0.121. The summed E-state index contributed by atoms with van der Waals surface area (Å²) < 4.78 is 5.43. The van der Waals surface area contributed by atoms with Crippen LogP contribution in [-0.2, 0) is 11.3 Å². The third-order valence-electron chi connectivity index (χ3n) is 6.68. The van der Waals surface area contributed by atoms with Crippen molar-refractivity contribution in [3.8, 4) is 11.4 Å². The number of halogens is 1. The van der Waals surface area contributed by atoms with E-state index >= 15 is 0 Å². The minimum Gasteiger partial charge on any atom is -0.339 e. The van der Waals surface area contributed by atoms with Crippen molar-refractivity contribution < 1.29 is 14.1 Å². The number of hydrogen-bond donors (Lipinski definition) is 1. The van der Waals surface area contributed by atoms with Gasteiger partial charge >= 0.3 is 0 Å². The molecule has 1 aromatic heterocycles. The number of amides is 2. The monoisotopic (exact) mass is 493 g/mol. The fraction of sp³-hybridized carbons (Fsp3) is 0.385. The third-order valence-corrected chi connectivity index (χ3v) is 6.91. The van der Waals surface area contributed by atoms with Crippen LogP contribution >= 0.6 is 11.6 Å². The molecule has 0 saturated carbocycles. The summed E-state index contributed by atoms with van der Waals surface area (Å²) in [5.41, 5.74) is 1.97. The number of carbonyl (C=O) groups excluding carboxylic acids is 2. The maximum Gasteiger partial charge on any atom is 0.255 e. The quantitative estimate of drug-likeness (QED) is 0.544. The van der Waals surface area contributed by atoms with E-state index in [0.717, 1.165) is 57.4 Å². The van der Waals surface area contributed by atoms with Crippen LogP contribution in [0.1, 0.15) is 41.9 Å². The van der Waals surface area contributed by atoms with Crippen LogP contribution in [0.2, 0.25) is 5.02 Å². The first-order valence-corrected chi connectivity index (χ1v) is 12.4. The summed E-state index contributed by atoms with van der Waals surface area (Å²) in [6, 6.07) is 14.6. The van der Waals surface area contributed by atoms with E-state index in [0.29, 0.717) is 34.5 Å². The molecular formula is C26H28ClN5O3. The molecule has 3 heterocycles. The van der Waals surface area contributed by atoms with Crippen molar-refractivity contribution in [3.63, 3.8) is 0 Å². The van der Waals surface area contributed by atoms with Crippen molar-refractivity contribution in [3.05, 3.63) is 65.0 Å². The minimum atomic E-state index is -0.106. The second kappa shape index (κ2) is 10.6. The summed E-state index contributed by atoms with van der Waals surface area (Å²) in [6.45, 7) is 3.60. The predicted octanol–water partition coefficient (Wildman–Crippen LogP) is 4.48. The lowest BCUT2D eigenvalue weighted by Gasteiger charge is -2.30. The Bertz CT molecular complexity index is 1200. The van der Waals surface area contributed by atoms with Gasteiger partial charge in [-0.05, 0) is 63.0 Å². The zero-order chi connectivity index (χ0) is 24.2. The molecule has 0 atom stereocenters. The Labute approximate surface area is 209 Å². The van der Waals surface area contributed by atoms with E-state index in [2.05, 4.69) is 20.4 Å². The number of piperidine rings is 1. The molecule has 2 amide bonds. The summed E-state index contributed by atoms with van der Waals surface area (Å²) in [6.07, 6.45) is 3.52. The predicted molar refractivity (Wildman–Crippen MR) is 133 cm³/mol. The van der Waals surface area contributed by atoms with Crippen molar-refractivity contribution in [2.24, 2.45) is 5.92 Å². The van der Waals surface area contributed by atoms with Crippen LogP contribution in [0, 0.1) is 5.92 Å². The first-order valence-electron chi connectivity index (χ1n) is 12.1. The Morgan fingerprint density at radius 2 is 1.80 bits per heavy atom. The standard InChI is InChI=1S/C26H28ClN5O3/c27-20-7-5-6-19(16-20)24-29-23(35-30-24)17-31-14-10-18(11-15-31)25(33)28-22-9-2-1-8-21(22)26(34)32-12-3-4-13-32/h1-2,5-9,16,18H,3-4,10-15,17H2,(H,28,33). The minimum absolute atomic E-state index is 0.00933. The summed E-state index contributed by atoms with van der Waals surface area (Å²) in [5, 5.41) is 7.71. The molecule has 1 N–H and O–H groups in total.